The molecule has 162 valence electrons. The van der Waals surface area contributed by atoms with E-state index in [9.17, 15) is 9.59 Å². The van der Waals surface area contributed by atoms with E-state index in [2.05, 4.69) is 10.2 Å². The van der Waals surface area contributed by atoms with Gasteiger partial charge < -0.3 is 14.6 Å². The molecule has 2 heterocycles. The van der Waals surface area contributed by atoms with Gasteiger partial charge in [0.25, 0.3) is 0 Å². The van der Waals surface area contributed by atoms with E-state index >= 15 is 0 Å². The number of amides is 2. The van der Waals surface area contributed by atoms with Crippen molar-refractivity contribution in [3.63, 3.8) is 0 Å². The number of rotatable bonds is 5. The summed E-state index contributed by atoms with van der Waals surface area (Å²) >= 11 is 0. The Morgan fingerprint density at radius 2 is 1.71 bits per heavy atom. The van der Waals surface area contributed by atoms with Gasteiger partial charge in [-0.2, -0.15) is 0 Å². The van der Waals surface area contributed by atoms with E-state index in [4.69, 9.17) is 4.42 Å². The number of carbonyl (C=O) groups is 2. The molecule has 1 fully saturated rings. The Morgan fingerprint density at radius 1 is 1.00 bits per heavy atom. The molecule has 3 aromatic rings. The van der Waals surface area contributed by atoms with E-state index < -0.39 is 0 Å². The van der Waals surface area contributed by atoms with Crippen LogP contribution in [0.2, 0.25) is 0 Å². The minimum absolute atomic E-state index is 0.0164. The molecule has 1 aliphatic heterocycles. The van der Waals surface area contributed by atoms with Crippen molar-refractivity contribution in [2.24, 2.45) is 0 Å². The van der Waals surface area contributed by atoms with Crippen LogP contribution in [0.3, 0.4) is 0 Å². The second kappa shape index (κ2) is 8.94. The molecule has 0 bridgehead atoms. The fourth-order valence-corrected chi connectivity index (χ4v) is 4.15. The van der Waals surface area contributed by atoms with Crippen molar-refractivity contribution in [1.82, 2.24) is 9.80 Å². The molecule has 0 spiro atoms. The van der Waals surface area contributed by atoms with Gasteiger partial charge in [-0.25, -0.2) is 0 Å². The summed E-state index contributed by atoms with van der Waals surface area (Å²) in [5.41, 5.74) is 5.90. The van der Waals surface area contributed by atoms with Gasteiger partial charge in [-0.1, -0.05) is 30.3 Å². The highest BCUT2D eigenvalue weighted by atomic mass is 16.3. The number of carbonyl (C=O) groups excluding carboxylic acids is 2. The summed E-state index contributed by atoms with van der Waals surface area (Å²) in [6, 6.07) is 12.0. The van der Waals surface area contributed by atoms with Gasteiger partial charge in [0.05, 0.1) is 19.2 Å². The Morgan fingerprint density at radius 3 is 2.42 bits per heavy atom. The molecule has 0 unspecified atom stereocenters. The summed E-state index contributed by atoms with van der Waals surface area (Å²) in [6.07, 6.45) is 2.03. The number of aryl methyl sites for hydroxylation is 3. The number of anilines is 1. The normalized spacial score (nSPS) is 14.7. The van der Waals surface area contributed by atoms with E-state index in [1.807, 2.05) is 62.1 Å². The summed E-state index contributed by atoms with van der Waals surface area (Å²) in [7, 11) is 0. The average molecular weight is 420 g/mol. The van der Waals surface area contributed by atoms with Crippen molar-refractivity contribution in [2.45, 2.75) is 27.2 Å². The molecule has 1 saturated heterocycles. The number of fused-ring (bicyclic) bond motifs is 1. The van der Waals surface area contributed by atoms with E-state index in [1.165, 1.54) is 0 Å². The van der Waals surface area contributed by atoms with Crippen LogP contribution < -0.4 is 5.32 Å². The Hall–Kier alpha value is -3.12. The minimum atomic E-state index is -0.0164. The zero-order valence-corrected chi connectivity index (χ0v) is 18.4. The minimum Gasteiger partial charge on any atom is -0.464 e. The standard InChI is InChI=1S/C25H29N3O3/c1-17-7-8-21-20(16-31-22(21)13-17)14-24(30)28-11-9-27(10-12-28)15-23(29)26-25-18(2)5-4-6-19(25)3/h4-8,13,16H,9-12,14-15H2,1-3H3,(H,26,29). The molecule has 6 heteroatoms. The first kappa shape index (κ1) is 21.1. The highest BCUT2D eigenvalue weighted by Gasteiger charge is 2.23. The van der Waals surface area contributed by atoms with E-state index in [-0.39, 0.29) is 11.8 Å². The second-order valence-electron chi connectivity index (χ2n) is 8.41. The van der Waals surface area contributed by atoms with Crippen LogP contribution in [0.5, 0.6) is 0 Å². The number of piperazine rings is 1. The van der Waals surface area contributed by atoms with Crippen molar-refractivity contribution in [1.29, 1.82) is 0 Å². The second-order valence-corrected chi connectivity index (χ2v) is 8.41. The maximum atomic E-state index is 12.8. The van der Waals surface area contributed by atoms with E-state index in [0.717, 1.165) is 38.9 Å². The molecular weight excluding hydrogens is 390 g/mol. The predicted molar refractivity (Wildman–Crippen MR) is 122 cm³/mol. The van der Waals surface area contributed by atoms with Gasteiger partial charge in [0.2, 0.25) is 11.8 Å². The van der Waals surface area contributed by atoms with E-state index in [0.29, 0.717) is 39.1 Å². The van der Waals surface area contributed by atoms with Gasteiger partial charge in [-0.15, -0.1) is 0 Å². The number of furan rings is 1. The number of benzene rings is 2. The molecule has 0 radical (unpaired) electrons. The number of hydrogen-bond acceptors (Lipinski definition) is 4. The maximum absolute atomic E-state index is 12.8. The molecule has 1 N–H and O–H groups in total. The molecule has 1 aliphatic rings. The molecule has 4 rings (SSSR count). The van der Waals surface area contributed by atoms with Crippen LogP contribution in [0.1, 0.15) is 22.3 Å². The van der Waals surface area contributed by atoms with Gasteiger partial charge >= 0.3 is 0 Å². The Balaban J connectivity index is 1.29. The van der Waals surface area contributed by atoms with Crippen LogP contribution in [-0.2, 0) is 16.0 Å². The Labute approximate surface area is 182 Å². The lowest BCUT2D eigenvalue weighted by Gasteiger charge is -2.34. The quantitative estimate of drug-likeness (QED) is 0.685. The lowest BCUT2D eigenvalue weighted by molar-refractivity contribution is -0.132. The molecule has 0 atom stereocenters. The highest BCUT2D eigenvalue weighted by Crippen LogP contribution is 2.23. The third-order valence-electron chi connectivity index (χ3n) is 5.99. The van der Waals surface area contributed by atoms with Crippen molar-refractivity contribution in [3.8, 4) is 0 Å². The van der Waals surface area contributed by atoms with Crippen molar-refractivity contribution in [3.05, 3.63) is 64.9 Å². The summed E-state index contributed by atoms with van der Waals surface area (Å²) < 4.78 is 5.62. The number of nitrogens with one attached hydrogen (secondary N) is 1. The van der Waals surface area contributed by atoms with Crippen LogP contribution in [-0.4, -0.2) is 54.3 Å². The van der Waals surface area contributed by atoms with Crippen molar-refractivity contribution < 1.29 is 14.0 Å². The van der Waals surface area contributed by atoms with Crippen LogP contribution in [0, 0.1) is 20.8 Å². The van der Waals surface area contributed by atoms with Crippen molar-refractivity contribution >= 4 is 28.5 Å². The van der Waals surface area contributed by atoms with Gasteiger partial charge in [0.15, 0.2) is 0 Å². The lowest BCUT2D eigenvalue weighted by atomic mass is 10.1. The molecule has 2 aromatic carbocycles. The number of nitrogens with zero attached hydrogens (tertiary/aromatic N) is 2. The summed E-state index contributed by atoms with van der Waals surface area (Å²) in [5, 5.41) is 4.04. The average Bonchev–Trinajstić information content (AvgIpc) is 3.13. The first-order valence-corrected chi connectivity index (χ1v) is 10.7. The molecule has 1 aromatic heterocycles. The lowest BCUT2D eigenvalue weighted by Crippen LogP contribution is -2.50. The van der Waals surface area contributed by atoms with Gasteiger partial charge in [0.1, 0.15) is 5.58 Å². The molecular formula is C25H29N3O3. The summed E-state index contributed by atoms with van der Waals surface area (Å²) in [4.78, 5) is 29.3. The highest BCUT2D eigenvalue weighted by molar-refractivity contribution is 5.93. The fraction of sp³-hybridized carbons (Fsp3) is 0.360. The maximum Gasteiger partial charge on any atom is 0.238 e. The molecule has 2 amide bonds. The van der Waals surface area contributed by atoms with Crippen LogP contribution in [0.15, 0.2) is 47.1 Å². The van der Waals surface area contributed by atoms with Crippen LogP contribution in [0.4, 0.5) is 5.69 Å². The van der Waals surface area contributed by atoms with Gasteiger partial charge in [-0.05, 0) is 43.5 Å². The monoisotopic (exact) mass is 419 g/mol. The first-order valence-electron chi connectivity index (χ1n) is 10.7. The largest absolute Gasteiger partial charge is 0.464 e. The molecule has 6 nitrogen and oxygen atoms in total. The Bertz CT molecular complexity index is 1090. The summed E-state index contributed by atoms with van der Waals surface area (Å²) in [6.45, 7) is 8.99. The zero-order chi connectivity index (χ0) is 22.0. The topological polar surface area (TPSA) is 65.8 Å². The fourth-order valence-electron chi connectivity index (χ4n) is 4.15. The predicted octanol–water partition coefficient (Wildman–Crippen LogP) is 3.68. The third kappa shape index (κ3) is 4.80. The van der Waals surface area contributed by atoms with Crippen molar-refractivity contribution in [2.75, 3.05) is 38.0 Å². The number of hydrogen-bond donors (Lipinski definition) is 1. The first-order chi connectivity index (χ1) is 14.9. The number of para-hydroxylation sites is 1. The molecule has 0 aliphatic carbocycles. The van der Waals surface area contributed by atoms with E-state index in [1.54, 1.807) is 6.26 Å². The summed E-state index contributed by atoms with van der Waals surface area (Å²) in [5.74, 6) is 0.0836. The third-order valence-corrected chi connectivity index (χ3v) is 5.99. The SMILES string of the molecule is Cc1ccc2c(CC(=O)N3CCN(CC(=O)Nc4c(C)cccc4C)CC3)coc2c1. The Kier molecular flexibility index (Phi) is 6.09. The van der Waals surface area contributed by atoms with Crippen LogP contribution >= 0.6 is 0 Å². The van der Waals surface area contributed by atoms with Gasteiger partial charge in [0, 0.05) is 42.8 Å². The molecule has 31 heavy (non-hydrogen) atoms. The van der Waals surface area contributed by atoms with Crippen LogP contribution in [0.25, 0.3) is 11.0 Å². The molecule has 0 saturated carbocycles. The smallest absolute Gasteiger partial charge is 0.238 e. The van der Waals surface area contributed by atoms with Gasteiger partial charge in [-0.3, -0.25) is 14.5 Å². The zero-order valence-electron chi connectivity index (χ0n) is 18.4.